The number of aromatic nitrogens is 2. The first-order valence-corrected chi connectivity index (χ1v) is 9.87. The molecule has 0 unspecified atom stereocenters. The van der Waals surface area contributed by atoms with Gasteiger partial charge in [-0.3, -0.25) is 4.79 Å². The molecule has 0 aliphatic heterocycles. The highest BCUT2D eigenvalue weighted by Crippen LogP contribution is 2.34. The minimum Gasteiger partial charge on any atom is -0.354 e. The normalized spacial score (nSPS) is 11.8. The van der Waals surface area contributed by atoms with Crippen LogP contribution >= 0.6 is 11.6 Å². The number of likely N-dealkylation sites (N-methyl/N-ethyl adjacent to an activating group) is 1. The number of hydrogen-bond donors (Lipinski definition) is 0. The van der Waals surface area contributed by atoms with Gasteiger partial charge < -0.3 is 14.4 Å². The van der Waals surface area contributed by atoms with Crippen LogP contribution in [0.3, 0.4) is 0 Å². The number of ether oxygens (including phenoxy) is 2. The van der Waals surface area contributed by atoms with Crippen LogP contribution < -0.4 is 0 Å². The van der Waals surface area contributed by atoms with Crippen LogP contribution in [0.2, 0.25) is 5.02 Å². The molecule has 0 aliphatic rings. The first-order valence-electron chi connectivity index (χ1n) is 9.49. The van der Waals surface area contributed by atoms with Gasteiger partial charge in [0.25, 0.3) is 5.91 Å². The maximum Gasteiger partial charge on any atom is 0.435 e. The molecule has 0 saturated carbocycles. The summed E-state index contributed by atoms with van der Waals surface area (Å²) in [5, 5.41) is 3.98. The number of nitrogens with zero attached hydrogens (tertiary/aromatic N) is 3. The second-order valence-electron chi connectivity index (χ2n) is 6.94. The predicted octanol–water partition coefficient (Wildman–Crippen LogP) is 4.90. The minimum absolute atomic E-state index is 0.191. The first-order chi connectivity index (χ1) is 15.2. The van der Waals surface area contributed by atoms with Crippen LogP contribution in [0.1, 0.15) is 16.1 Å². The Morgan fingerprint density at radius 1 is 1.12 bits per heavy atom. The van der Waals surface area contributed by atoms with Crippen LogP contribution in [0, 0.1) is 0 Å². The third kappa shape index (κ3) is 5.12. The van der Waals surface area contributed by atoms with E-state index in [2.05, 4.69) is 5.10 Å². The number of carbonyl (C=O) groups excluding carboxylic acids is 1. The lowest BCUT2D eigenvalue weighted by Gasteiger charge is -2.22. The molecule has 0 bridgehead atoms. The number of hydrogen-bond acceptors (Lipinski definition) is 4. The van der Waals surface area contributed by atoms with Gasteiger partial charge >= 0.3 is 6.18 Å². The summed E-state index contributed by atoms with van der Waals surface area (Å²) < 4.78 is 51.4. The van der Waals surface area contributed by atoms with Crippen molar-refractivity contribution in [3.8, 4) is 16.9 Å². The van der Waals surface area contributed by atoms with E-state index < -0.39 is 18.2 Å². The average molecular weight is 468 g/mol. The van der Waals surface area contributed by atoms with Gasteiger partial charge in [0, 0.05) is 32.4 Å². The maximum atomic E-state index is 13.4. The molecule has 2 aromatic carbocycles. The Labute approximate surface area is 188 Å². The van der Waals surface area contributed by atoms with Crippen molar-refractivity contribution in [2.24, 2.45) is 0 Å². The monoisotopic (exact) mass is 467 g/mol. The number of alkyl halides is 3. The molecule has 10 heteroatoms. The Hall–Kier alpha value is -2.88. The number of halogens is 4. The van der Waals surface area contributed by atoms with Gasteiger partial charge in [-0.05, 0) is 30.3 Å². The van der Waals surface area contributed by atoms with Gasteiger partial charge in [0.2, 0.25) is 0 Å². The van der Waals surface area contributed by atoms with Crippen molar-refractivity contribution in [3.05, 3.63) is 70.9 Å². The largest absolute Gasteiger partial charge is 0.435 e. The first kappa shape index (κ1) is 23.8. The number of amides is 1. The zero-order valence-corrected chi connectivity index (χ0v) is 18.3. The quantitative estimate of drug-likeness (QED) is 0.464. The lowest BCUT2D eigenvalue weighted by Crippen LogP contribution is -2.36. The van der Waals surface area contributed by atoms with Crippen molar-refractivity contribution in [2.75, 3.05) is 27.8 Å². The highest BCUT2D eigenvalue weighted by molar-refractivity contribution is 6.32. The summed E-state index contributed by atoms with van der Waals surface area (Å²) in [5.41, 5.74) is 0.264. The molecule has 1 aromatic heterocycles. The minimum atomic E-state index is -4.63. The molecule has 0 atom stereocenters. The molecule has 0 N–H and O–H groups in total. The third-order valence-electron chi connectivity index (χ3n) is 4.80. The Balaban J connectivity index is 1.96. The van der Waals surface area contributed by atoms with Crippen LogP contribution in [0.25, 0.3) is 16.9 Å². The predicted molar refractivity (Wildman–Crippen MR) is 114 cm³/mol. The maximum absolute atomic E-state index is 13.4. The summed E-state index contributed by atoms with van der Waals surface area (Å²) >= 11 is 6.20. The fraction of sp³-hybridized carbons (Fsp3) is 0.273. The number of methoxy groups -OCH3 is 2. The summed E-state index contributed by atoms with van der Waals surface area (Å²) in [7, 11) is 4.54. The Morgan fingerprint density at radius 2 is 1.75 bits per heavy atom. The molecule has 170 valence electrons. The molecule has 3 aromatic rings. The molecule has 0 radical (unpaired) electrons. The van der Waals surface area contributed by atoms with E-state index in [0.29, 0.717) is 16.8 Å². The molecule has 0 aliphatic carbocycles. The summed E-state index contributed by atoms with van der Waals surface area (Å²) in [6, 6.07) is 13.6. The number of rotatable bonds is 7. The third-order valence-corrected chi connectivity index (χ3v) is 5.12. The van der Waals surface area contributed by atoms with E-state index in [1.54, 1.807) is 55.6 Å². The zero-order valence-electron chi connectivity index (χ0n) is 17.6. The van der Waals surface area contributed by atoms with Gasteiger partial charge in [0.1, 0.15) is 0 Å². The van der Waals surface area contributed by atoms with Crippen LogP contribution in [0.4, 0.5) is 13.2 Å². The Bertz CT molecular complexity index is 1080. The summed E-state index contributed by atoms with van der Waals surface area (Å²) in [5.74, 6) is -0.286. The number of benzene rings is 2. The van der Waals surface area contributed by atoms with Gasteiger partial charge in [-0.1, -0.05) is 35.9 Å². The molecular weight excluding hydrogens is 447 g/mol. The molecule has 0 fully saturated rings. The van der Waals surface area contributed by atoms with E-state index in [4.69, 9.17) is 21.1 Å². The van der Waals surface area contributed by atoms with Crippen molar-refractivity contribution in [1.29, 1.82) is 0 Å². The Morgan fingerprint density at radius 3 is 2.31 bits per heavy atom. The molecule has 3 rings (SSSR count). The van der Waals surface area contributed by atoms with Crippen molar-refractivity contribution < 1.29 is 27.4 Å². The van der Waals surface area contributed by atoms with E-state index in [-0.39, 0.29) is 23.2 Å². The van der Waals surface area contributed by atoms with E-state index in [1.165, 1.54) is 19.1 Å². The van der Waals surface area contributed by atoms with E-state index in [1.807, 2.05) is 0 Å². The van der Waals surface area contributed by atoms with Crippen LogP contribution in [0.15, 0.2) is 54.6 Å². The van der Waals surface area contributed by atoms with Crippen molar-refractivity contribution >= 4 is 17.5 Å². The van der Waals surface area contributed by atoms with Crippen molar-refractivity contribution in [3.63, 3.8) is 0 Å². The molecular formula is C22H21ClF3N3O3. The lowest BCUT2D eigenvalue weighted by atomic mass is 10.1. The SMILES string of the molecule is COC(CN(C)C(=O)c1ccc(-c2cc(C(F)(F)F)nn2-c2ccccc2Cl)cc1)OC. The van der Waals surface area contributed by atoms with E-state index in [0.717, 1.165) is 10.7 Å². The highest BCUT2D eigenvalue weighted by atomic mass is 35.5. The molecule has 1 amide bonds. The highest BCUT2D eigenvalue weighted by Gasteiger charge is 2.35. The smallest absolute Gasteiger partial charge is 0.354 e. The molecule has 0 saturated heterocycles. The van der Waals surface area contributed by atoms with E-state index >= 15 is 0 Å². The molecule has 32 heavy (non-hydrogen) atoms. The van der Waals surface area contributed by atoms with Crippen molar-refractivity contribution in [2.45, 2.75) is 12.5 Å². The Kier molecular flexibility index (Phi) is 7.22. The average Bonchev–Trinajstić information content (AvgIpc) is 3.23. The van der Waals surface area contributed by atoms with E-state index in [9.17, 15) is 18.0 Å². The van der Waals surface area contributed by atoms with Crippen LogP contribution in [0.5, 0.6) is 0 Å². The van der Waals surface area contributed by atoms with Gasteiger partial charge in [-0.15, -0.1) is 0 Å². The van der Waals surface area contributed by atoms with Crippen molar-refractivity contribution in [1.82, 2.24) is 14.7 Å². The summed E-state index contributed by atoms with van der Waals surface area (Å²) in [4.78, 5) is 14.1. The second-order valence-corrected chi connectivity index (χ2v) is 7.35. The second kappa shape index (κ2) is 9.72. The van der Waals surface area contributed by atoms with Gasteiger partial charge in [0.05, 0.1) is 22.9 Å². The fourth-order valence-electron chi connectivity index (χ4n) is 3.09. The van der Waals surface area contributed by atoms with Crippen LogP contribution in [-0.2, 0) is 15.7 Å². The van der Waals surface area contributed by atoms with Gasteiger partial charge in [-0.2, -0.15) is 18.3 Å². The zero-order chi connectivity index (χ0) is 23.5. The van der Waals surface area contributed by atoms with Gasteiger partial charge in [-0.25, -0.2) is 4.68 Å². The lowest BCUT2D eigenvalue weighted by molar-refractivity contribution is -0.141. The summed E-state index contributed by atoms with van der Waals surface area (Å²) in [6.45, 7) is 0.210. The molecule has 0 spiro atoms. The molecule has 6 nitrogen and oxygen atoms in total. The fourth-order valence-corrected chi connectivity index (χ4v) is 3.30. The summed E-state index contributed by atoms with van der Waals surface area (Å²) in [6.07, 6.45) is -5.20. The van der Waals surface area contributed by atoms with Gasteiger partial charge in [0.15, 0.2) is 12.0 Å². The number of carbonyl (C=O) groups is 1. The molecule has 1 heterocycles. The standard InChI is InChI=1S/C22H21ClF3N3O3/c1-28(13-20(31-2)32-3)21(30)15-10-8-14(9-11-15)18-12-19(22(24,25)26)27-29(18)17-7-5-4-6-16(17)23/h4-12,20H,13H2,1-3H3. The van der Waals surface area contributed by atoms with Crippen LogP contribution in [-0.4, -0.2) is 54.7 Å². The number of para-hydroxylation sites is 1. The topological polar surface area (TPSA) is 56.6 Å².